The van der Waals surface area contributed by atoms with Gasteiger partial charge in [0.15, 0.2) is 0 Å². The summed E-state index contributed by atoms with van der Waals surface area (Å²) in [4.78, 5) is 0. The van der Waals surface area contributed by atoms with Gasteiger partial charge in [-0.25, -0.2) is 0 Å². The van der Waals surface area contributed by atoms with Crippen LogP contribution in [0.2, 0.25) is 0 Å². The molecule has 0 aromatic rings. The molecule has 0 saturated heterocycles. The Balaban J connectivity index is 2.98. The van der Waals surface area contributed by atoms with Crippen LogP contribution in [-0.4, -0.2) is 0 Å². The molecule has 3 nitrogen and oxygen atoms in total. The lowest BCUT2D eigenvalue weighted by atomic mass is 10.1. The highest BCUT2D eigenvalue weighted by Gasteiger charge is 2.23. The summed E-state index contributed by atoms with van der Waals surface area (Å²) in [6.07, 6.45) is 5.08. The molecular formula is C11H5N3S2. The van der Waals surface area contributed by atoms with Gasteiger partial charge in [-0.2, -0.15) is 15.8 Å². The molecule has 0 aromatic heterocycles. The molecule has 0 fully saturated rings. The van der Waals surface area contributed by atoms with E-state index in [0.717, 1.165) is 5.57 Å². The van der Waals surface area contributed by atoms with Crippen LogP contribution >= 0.6 is 25.3 Å². The van der Waals surface area contributed by atoms with Crippen LogP contribution in [-0.2, 0) is 0 Å². The van der Waals surface area contributed by atoms with Crippen molar-refractivity contribution in [2.24, 2.45) is 0 Å². The standard InChI is InChI=1S/C11H5N3S2/c12-4-8(5-13)10(6-14)9-3-7(9)1-2-11(15)16/h1-3,15-16H/b7-1-. The number of rotatable bonds is 2. The second kappa shape index (κ2) is 5.28. The highest BCUT2D eigenvalue weighted by Crippen LogP contribution is 2.35. The van der Waals surface area contributed by atoms with Gasteiger partial charge in [0.25, 0.3) is 0 Å². The first-order valence-corrected chi connectivity index (χ1v) is 5.00. The molecule has 0 saturated carbocycles. The van der Waals surface area contributed by atoms with E-state index in [4.69, 9.17) is 15.8 Å². The maximum atomic E-state index is 8.84. The Kier molecular flexibility index (Phi) is 4.03. The third kappa shape index (κ3) is 2.81. The molecule has 76 valence electrons. The second-order valence-electron chi connectivity index (χ2n) is 2.79. The van der Waals surface area contributed by atoms with Crippen molar-refractivity contribution in [2.75, 3.05) is 0 Å². The first kappa shape index (κ1) is 12.2. The van der Waals surface area contributed by atoms with E-state index >= 15 is 0 Å². The van der Waals surface area contributed by atoms with Crippen molar-refractivity contribution < 1.29 is 0 Å². The molecule has 0 radical (unpaired) electrons. The summed E-state index contributed by atoms with van der Waals surface area (Å²) in [5, 5.41) is 26.1. The average Bonchev–Trinajstić information content (AvgIpc) is 3.02. The lowest BCUT2D eigenvalue weighted by Gasteiger charge is -1.88. The third-order valence-corrected chi connectivity index (χ3v) is 2.09. The largest absolute Gasteiger partial charge is 0.192 e. The molecule has 1 rings (SSSR count). The van der Waals surface area contributed by atoms with Crippen LogP contribution in [0.25, 0.3) is 0 Å². The van der Waals surface area contributed by atoms with E-state index in [-0.39, 0.29) is 11.1 Å². The van der Waals surface area contributed by atoms with Gasteiger partial charge in [0.1, 0.15) is 23.8 Å². The number of nitrogens with zero attached hydrogens (tertiary/aromatic N) is 3. The molecule has 0 N–H and O–H groups in total. The molecule has 1 aliphatic rings. The molecule has 0 spiro atoms. The van der Waals surface area contributed by atoms with Gasteiger partial charge in [-0.1, -0.05) is 6.08 Å². The SMILES string of the molecule is N#CC(C#N)=C(C#N)C1=CC/1=C/C=C(S)S. The van der Waals surface area contributed by atoms with Crippen molar-refractivity contribution >= 4 is 25.3 Å². The fourth-order valence-electron chi connectivity index (χ4n) is 1.03. The molecule has 0 aliphatic heterocycles. The minimum atomic E-state index is -0.168. The average molecular weight is 243 g/mol. The van der Waals surface area contributed by atoms with Crippen molar-refractivity contribution in [1.82, 2.24) is 0 Å². The number of thiol groups is 2. The van der Waals surface area contributed by atoms with Gasteiger partial charge in [0.2, 0.25) is 0 Å². The molecule has 0 aromatic carbocycles. The number of allylic oxidation sites excluding steroid dienone is 7. The van der Waals surface area contributed by atoms with Gasteiger partial charge >= 0.3 is 0 Å². The Morgan fingerprint density at radius 3 is 2.19 bits per heavy atom. The van der Waals surface area contributed by atoms with Gasteiger partial charge in [0, 0.05) is 9.81 Å². The zero-order chi connectivity index (χ0) is 12.1. The van der Waals surface area contributed by atoms with Gasteiger partial charge in [-0.05, 0) is 17.7 Å². The maximum Gasteiger partial charge on any atom is 0.148 e. The Bertz CT molecular complexity index is 552. The normalized spacial score (nSPS) is 13.9. The van der Waals surface area contributed by atoms with Crippen LogP contribution in [0.3, 0.4) is 0 Å². The summed E-state index contributed by atoms with van der Waals surface area (Å²) >= 11 is 7.92. The molecule has 5 heteroatoms. The molecular weight excluding hydrogens is 238 g/mol. The number of hydrogen-bond acceptors (Lipinski definition) is 5. The van der Waals surface area contributed by atoms with E-state index in [9.17, 15) is 0 Å². The molecule has 0 unspecified atom stereocenters. The van der Waals surface area contributed by atoms with Crippen molar-refractivity contribution in [1.29, 1.82) is 15.8 Å². The van der Waals surface area contributed by atoms with Crippen LogP contribution in [0.4, 0.5) is 0 Å². The van der Waals surface area contributed by atoms with E-state index in [1.54, 1.807) is 30.4 Å². The molecule has 1 aliphatic carbocycles. The predicted octanol–water partition coefficient (Wildman–Crippen LogP) is 2.42. The van der Waals surface area contributed by atoms with Gasteiger partial charge in [-0.15, -0.1) is 25.3 Å². The molecule has 0 atom stereocenters. The summed E-state index contributed by atoms with van der Waals surface area (Å²) in [6, 6.07) is 5.23. The molecule has 0 heterocycles. The van der Waals surface area contributed by atoms with Crippen molar-refractivity contribution in [3.63, 3.8) is 0 Å². The van der Waals surface area contributed by atoms with E-state index < -0.39 is 0 Å². The first-order chi connectivity index (χ1) is 7.63. The topological polar surface area (TPSA) is 71.4 Å². The zero-order valence-electron chi connectivity index (χ0n) is 7.97. The third-order valence-electron chi connectivity index (χ3n) is 1.79. The highest BCUT2D eigenvalue weighted by atomic mass is 32.2. The lowest BCUT2D eigenvalue weighted by Crippen LogP contribution is -1.83. The zero-order valence-corrected chi connectivity index (χ0v) is 9.76. The Morgan fingerprint density at radius 2 is 1.75 bits per heavy atom. The number of nitriles is 3. The summed E-state index contributed by atoms with van der Waals surface area (Å²) < 4.78 is 0.537. The van der Waals surface area contributed by atoms with E-state index in [1.165, 1.54) is 0 Å². The Labute approximate surface area is 104 Å². The first-order valence-electron chi connectivity index (χ1n) is 4.11. The minimum absolute atomic E-state index is 0.115. The lowest BCUT2D eigenvalue weighted by molar-refractivity contribution is 1.41. The van der Waals surface area contributed by atoms with Crippen LogP contribution in [0, 0.1) is 34.0 Å². The molecule has 0 bridgehead atoms. The summed E-state index contributed by atoms with van der Waals surface area (Å²) in [6.45, 7) is 0. The minimum Gasteiger partial charge on any atom is -0.192 e. The Morgan fingerprint density at radius 1 is 1.12 bits per heavy atom. The van der Waals surface area contributed by atoms with Crippen molar-refractivity contribution in [2.45, 2.75) is 0 Å². The smallest absolute Gasteiger partial charge is 0.148 e. The molecule has 0 amide bonds. The summed E-state index contributed by atoms with van der Waals surface area (Å²) in [5.41, 5.74) is 1.38. The van der Waals surface area contributed by atoms with Crippen LogP contribution < -0.4 is 0 Å². The van der Waals surface area contributed by atoms with Crippen LogP contribution in [0.15, 0.2) is 44.8 Å². The van der Waals surface area contributed by atoms with Gasteiger partial charge in [-0.3, -0.25) is 0 Å². The highest BCUT2D eigenvalue weighted by molar-refractivity contribution is 8.05. The van der Waals surface area contributed by atoms with E-state index in [1.807, 2.05) is 6.07 Å². The monoisotopic (exact) mass is 243 g/mol. The van der Waals surface area contributed by atoms with Gasteiger partial charge in [0.05, 0.1) is 5.57 Å². The quantitative estimate of drug-likeness (QED) is 0.578. The van der Waals surface area contributed by atoms with E-state index in [2.05, 4.69) is 25.3 Å². The summed E-state index contributed by atoms with van der Waals surface area (Å²) in [7, 11) is 0. The summed E-state index contributed by atoms with van der Waals surface area (Å²) in [5.74, 6) is 0. The van der Waals surface area contributed by atoms with E-state index in [0.29, 0.717) is 9.81 Å². The number of hydrogen-bond donors (Lipinski definition) is 2. The Hall–Kier alpha value is -1.87. The van der Waals surface area contributed by atoms with Crippen molar-refractivity contribution in [3.8, 4) is 18.2 Å². The molecule has 16 heavy (non-hydrogen) atoms. The fraction of sp³-hybridized carbons (Fsp3) is 0. The fourth-order valence-corrected chi connectivity index (χ4v) is 1.17. The maximum absolute atomic E-state index is 8.84. The van der Waals surface area contributed by atoms with Crippen molar-refractivity contribution in [3.05, 3.63) is 44.8 Å². The predicted molar refractivity (Wildman–Crippen MR) is 66.1 cm³/mol. The van der Waals surface area contributed by atoms with Gasteiger partial charge < -0.3 is 0 Å². The second-order valence-corrected chi connectivity index (χ2v) is 4.11. The van der Waals surface area contributed by atoms with Crippen LogP contribution in [0.5, 0.6) is 0 Å². The van der Waals surface area contributed by atoms with Crippen LogP contribution in [0.1, 0.15) is 0 Å².